The molecule has 1 aromatic carbocycles. The molecule has 0 radical (unpaired) electrons. The number of H-pyrrole nitrogens is 1. The van der Waals surface area contributed by atoms with Crippen LogP contribution in [0.25, 0.3) is 11.3 Å². The first-order chi connectivity index (χ1) is 10.3. The molecule has 5 nitrogen and oxygen atoms in total. The molecule has 0 saturated carbocycles. The van der Waals surface area contributed by atoms with Crippen molar-refractivity contribution in [3.63, 3.8) is 0 Å². The molecule has 1 N–H and O–H groups in total. The standard InChI is InChI=1S/C14H14F3N3O2/c1-20(8-14(15,16)17)13(21)11-7-18-19-12(11)9-3-5-10(22-2)6-4-9/h3-7H,8H2,1-2H3,(H,18,19). The van der Waals surface area contributed by atoms with Crippen LogP contribution in [0, 0.1) is 0 Å². The summed E-state index contributed by atoms with van der Waals surface area (Å²) in [6.45, 7) is -1.32. The van der Waals surface area contributed by atoms with Crippen LogP contribution in [-0.4, -0.2) is 47.9 Å². The van der Waals surface area contributed by atoms with Crippen molar-refractivity contribution in [3.05, 3.63) is 36.0 Å². The first-order valence-electron chi connectivity index (χ1n) is 6.32. The van der Waals surface area contributed by atoms with Gasteiger partial charge in [-0.25, -0.2) is 0 Å². The number of carbonyl (C=O) groups excluding carboxylic acids is 1. The highest BCUT2D eigenvalue weighted by Gasteiger charge is 2.32. The number of aromatic amines is 1. The van der Waals surface area contributed by atoms with E-state index in [1.165, 1.54) is 13.3 Å². The van der Waals surface area contributed by atoms with Crippen LogP contribution < -0.4 is 4.74 Å². The third-order valence-electron chi connectivity index (χ3n) is 3.01. The maximum absolute atomic E-state index is 12.4. The van der Waals surface area contributed by atoms with E-state index >= 15 is 0 Å². The third-order valence-corrected chi connectivity index (χ3v) is 3.01. The minimum atomic E-state index is -4.45. The summed E-state index contributed by atoms with van der Waals surface area (Å²) >= 11 is 0. The Bertz CT molecular complexity index is 650. The van der Waals surface area contributed by atoms with Crippen LogP contribution in [-0.2, 0) is 0 Å². The monoisotopic (exact) mass is 313 g/mol. The summed E-state index contributed by atoms with van der Waals surface area (Å²) < 4.78 is 42.2. The molecule has 22 heavy (non-hydrogen) atoms. The van der Waals surface area contributed by atoms with Gasteiger partial charge in [0.1, 0.15) is 12.3 Å². The highest BCUT2D eigenvalue weighted by Crippen LogP contribution is 2.25. The van der Waals surface area contributed by atoms with Crippen molar-refractivity contribution in [1.82, 2.24) is 15.1 Å². The lowest BCUT2D eigenvalue weighted by molar-refractivity contribution is -0.138. The second-order valence-corrected chi connectivity index (χ2v) is 4.66. The van der Waals surface area contributed by atoms with E-state index in [9.17, 15) is 18.0 Å². The van der Waals surface area contributed by atoms with E-state index in [1.807, 2.05) is 0 Å². The molecule has 1 amide bonds. The van der Waals surface area contributed by atoms with Crippen molar-refractivity contribution in [2.75, 3.05) is 20.7 Å². The second-order valence-electron chi connectivity index (χ2n) is 4.66. The molecule has 1 heterocycles. The van der Waals surface area contributed by atoms with Gasteiger partial charge in [0.25, 0.3) is 5.91 Å². The van der Waals surface area contributed by atoms with Crippen molar-refractivity contribution < 1.29 is 22.7 Å². The fourth-order valence-corrected chi connectivity index (χ4v) is 1.97. The lowest BCUT2D eigenvalue weighted by atomic mass is 10.1. The van der Waals surface area contributed by atoms with E-state index in [2.05, 4.69) is 10.2 Å². The van der Waals surface area contributed by atoms with E-state index in [0.29, 0.717) is 21.9 Å². The number of aromatic nitrogens is 2. The lowest BCUT2D eigenvalue weighted by Crippen LogP contribution is -2.35. The van der Waals surface area contributed by atoms with Gasteiger partial charge in [-0.1, -0.05) is 0 Å². The van der Waals surface area contributed by atoms with Gasteiger partial charge < -0.3 is 9.64 Å². The average molecular weight is 313 g/mol. The molecule has 0 bridgehead atoms. The summed E-state index contributed by atoms with van der Waals surface area (Å²) in [4.78, 5) is 12.8. The molecule has 2 rings (SSSR count). The Morgan fingerprint density at radius 3 is 2.50 bits per heavy atom. The number of hydrogen-bond acceptors (Lipinski definition) is 3. The maximum atomic E-state index is 12.4. The van der Waals surface area contributed by atoms with Crippen LogP contribution in [0.15, 0.2) is 30.5 Å². The van der Waals surface area contributed by atoms with Crippen molar-refractivity contribution in [2.24, 2.45) is 0 Å². The number of ether oxygens (including phenoxy) is 1. The summed E-state index contributed by atoms with van der Waals surface area (Å²) in [5.74, 6) is -0.123. The van der Waals surface area contributed by atoms with Gasteiger partial charge >= 0.3 is 6.18 Å². The fourth-order valence-electron chi connectivity index (χ4n) is 1.97. The Hall–Kier alpha value is -2.51. The van der Waals surface area contributed by atoms with E-state index in [-0.39, 0.29) is 5.56 Å². The number of methoxy groups -OCH3 is 1. The molecule has 0 fully saturated rings. The van der Waals surface area contributed by atoms with Crippen LogP contribution >= 0.6 is 0 Å². The average Bonchev–Trinajstić information content (AvgIpc) is 2.94. The summed E-state index contributed by atoms with van der Waals surface area (Å²) in [5, 5.41) is 6.39. The predicted octanol–water partition coefficient (Wildman–Crippen LogP) is 2.72. The quantitative estimate of drug-likeness (QED) is 0.944. The Morgan fingerprint density at radius 2 is 1.95 bits per heavy atom. The van der Waals surface area contributed by atoms with Crippen molar-refractivity contribution in [2.45, 2.75) is 6.18 Å². The molecule has 0 saturated heterocycles. The summed E-state index contributed by atoms with van der Waals surface area (Å²) in [6.07, 6.45) is -3.23. The number of benzene rings is 1. The Labute approximate surface area is 124 Å². The first kappa shape index (κ1) is 15.9. The van der Waals surface area contributed by atoms with Gasteiger partial charge in [0.15, 0.2) is 0 Å². The van der Waals surface area contributed by atoms with Gasteiger partial charge in [-0.2, -0.15) is 18.3 Å². The zero-order chi connectivity index (χ0) is 16.3. The van der Waals surface area contributed by atoms with Gasteiger partial charge in [-0.05, 0) is 24.3 Å². The molecular weight excluding hydrogens is 299 g/mol. The number of nitrogens with zero attached hydrogens (tertiary/aromatic N) is 2. The minimum Gasteiger partial charge on any atom is -0.497 e. The Kier molecular flexibility index (Phi) is 4.39. The van der Waals surface area contributed by atoms with Gasteiger partial charge in [0.2, 0.25) is 0 Å². The van der Waals surface area contributed by atoms with Crippen molar-refractivity contribution in [1.29, 1.82) is 0 Å². The van der Waals surface area contributed by atoms with Gasteiger partial charge in [0, 0.05) is 12.6 Å². The van der Waals surface area contributed by atoms with Crippen LogP contribution in [0.2, 0.25) is 0 Å². The van der Waals surface area contributed by atoms with Gasteiger partial charge in [-0.15, -0.1) is 0 Å². The zero-order valence-electron chi connectivity index (χ0n) is 11.9. The van der Waals surface area contributed by atoms with Crippen LogP contribution in [0.4, 0.5) is 13.2 Å². The summed E-state index contributed by atoms with van der Waals surface area (Å²) in [7, 11) is 2.62. The van der Waals surface area contributed by atoms with Crippen LogP contribution in [0.1, 0.15) is 10.4 Å². The SMILES string of the molecule is COc1ccc(-c2[nH]ncc2C(=O)N(C)CC(F)(F)F)cc1. The smallest absolute Gasteiger partial charge is 0.406 e. The number of halogens is 3. The number of carbonyl (C=O) groups is 1. The molecule has 0 aliphatic carbocycles. The number of rotatable bonds is 4. The van der Waals surface area contributed by atoms with Gasteiger partial charge in [-0.3, -0.25) is 9.89 Å². The maximum Gasteiger partial charge on any atom is 0.406 e. The molecule has 0 aliphatic rings. The van der Waals surface area contributed by atoms with Crippen molar-refractivity contribution in [3.8, 4) is 17.0 Å². The predicted molar refractivity (Wildman–Crippen MR) is 73.6 cm³/mol. The Balaban J connectivity index is 2.26. The summed E-state index contributed by atoms with van der Waals surface area (Å²) in [6, 6.07) is 6.74. The largest absolute Gasteiger partial charge is 0.497 e. The number of nitrogens with one attached hydrogen (secondary N) is 1. The first-order valence-corrected chi connectivity index (χ1v) is 6.32. The molecule has 0 atom stereocenters. The molecule has 0 aliphatic heterocycles. The molecule has 0 unspecified atom stereocenters. The number of amides is 1. The Morgan fingerprint density at radius 1 is 1.32 bits per heavy atom. The third kappa shape index (κ3) is 3.57. The molecule has 2 aromatic rings. The summed E-state index contributed by atoms with van der Waals surface area (Å²) in [5.41, 5.74) is 1.07. The zero-order valence-corrected chi connectivity index (χ0v) is 11.9. The number of hydrogen-bond donors (Lipinski definition) is 1. The van der Waals surface area contributed by atoms with Crippen molar-refractivity contribution >= 4 is 5.91 Å². The van der Waals surface area contributed by atoms with Crippen LogP contribution in [0.5, 0.6) is 5.75 Å². The molecular formula is C14H14F3N3O2. The molecule has 8 heteroatoms. The highest BCUT2D eigenvalue weighted by atomic mass is 19.4. The van der Waals surface area contributed by atoms with E-state index in [0.717, 1.165) is 7.05 Å². The normalized spacial score (nSPS) is 11.3. The van der Waals surface area contributed by atoms with E-state index in [4.69, 9.17) is 4.74 Å². The lowest BCUT2D eigenvalue weighted by Gasteiger charge is -2.18. The highest BCUT2D eigenvalue weighted by molar-refractivity contribution is 5.99. The molecule has 0 spiro atoms. The van der Waals surface area contributed by atoms with Crippen LogP contribution in [0.3, 0.4) is 0 Å². The topological polar surface area (TPSA) is 58.2 Å². The van der Waals surface area contributed by atoms with Gasteiger partial charge in [0.05, 0.1) is 24.6 Å². The van der Waals surface area contributed by atoms with E-state index in [1.54, 1.807) is 24.3 Å². The van der Waals surface area contributed by atoms with E-state index < -0.39 is 18.6 Å². The minimum absolute atomic E-state index is 0.0805. The molecule has 1 aromatic heterocycles. The second kappa shape index (κ2) is 6.08. The fraction of sp³-hybridized carbons (Fsp3) is 0.286. The number of alkyl halides is 3. The molecule has 118 valence electrons.